The van der Waals surface area contributed by atoms with Crippen molar-refractivity contribution in [3.63, 3.8) is 0 Å². The molecule has 1 amide bonds. The average Bonchev–Trinajstić information content (AvgIpc) is 2.28. The maximum atomic E-state index is 11.6. The number of nitrogens with one attached hydrogen (secondary N) is 2. The second kappa shape index (κ2) is 9.41. The van der Waals surface area contributed by atoms with Gasteiger partial charge in [-0.3, -0.25) is 4.79 Å². The molecule has 0 radical (unpaired) electrons. The molecule has 0 fully saturated rings. The molecule has 1 rings (SSSR count). The van der Waals surface area contributed by atoms with Crippen LogP contribution in [0.2, 0.25) is 0 Å². The zero-order valence-electron chi connectivity index (χ0n) is 9.41. The van der Waals surface area contributed by atoms with Crippen molar-refractivity contribution in [2.24, 2.45) is 5.73 Å². The first kappa shape index (κ1) is 16.4. The second-order valence-corrected chi connectivity index (χ2v) is 4.22. The number of carbonyl (C=O) groups is 1. The normalized spacial score (nSPS) is 9.53. The van der Waals surface area contributed by atoms with Gasteiger partial charge >= 0.3 is 0 Å². The third-order valence-corrected chi connectivity index (χ3v) is 2.49. The summed E-state index contributed by atoms with van der Waals surface area (Å²) in [6, 6.07) is 7.31. The second-order valence-electron chi connectivity index (χ2n) is 3.30. The number of rotatable bonds is 6. The summed E-state index contributed by atoms with van der Waals surface area (Å²) >= 11 is 3.33. The number of hydrogen-bond donors (Lipinski definition) is 3. The molecule has 17 heavy (non-hydrogen) atoms. The van der Waals surface area contributed by atoms with Crippen molar-refractivity contribution in [1.82, 2.24) is 10.6 Å². The quantitative estimate of drug-likeness (QED) is 0.688. The number of halogens is 2. The summed E-state index contributed by atoms with van der Waals surface area (Å²) in [7, 11) is 0. The monoisotopic (exact) mass is 321 g/mol. The van der Waals surface area contributed by atoms with Crippen molar-refractivity contribution in [3.05, 3.63) is 34.3 Å². The fraction of sp³-hybridized carbons (Fsp3) is 0.364. The average molecular weight is 323 g/mol. The Balaban J connectivity index is 0.00000256. The zero-order valence-corrected chi connectivity index (χ0v) is 11.8. The fourth-order valence-corrected chi connectivity index (χ4v) is 1.62. The van der Waals surface area contributed by atoms with Crippen LogP contribution in [0.4, 0.5) is 0 Å². The number of carbonyl (C=O) groups excluding carboxylic acids is 1. The highest BCUT2D eigenvalue weighted by Crippen LogP contribution is 2.11. The number of benzene rings is 1. The Morgan fingerprint density at radius 3 is 2.71 bits per heavy atom. The summed E-state index contributed by atoms with van der Waals surface area (Å²) in [6.07, 6.45) is 0. The maximum absolute atomic E-state index is 11.6. The van der Waals surface area contributed by atoms with E-state index in [0.717, 1.165) is 17.6 Å². The molecule has 0 heterocycles. The standard InChI is InChI=1S/C11H16BrN3O.ClH/c12-10-3-1-2-9(8-10)11(16)15-7-6-14-5-4-13;/h1-3,8,14H,4-7,13H2,(H,15,16);1H. The Labute approximate surface area is 116 Å². The molecule has 0 aromatic heterocycles. The first-order chi connectivity index (χ1) is 7.74. The molecule has 0 saturated heterocycles. The Bertz CT molecular complexity index is 349. The maximum Gasteiger partial charge on any atom is 0.251 e. The van der Waals surface area contributed by atoms with E-state index in [1.54, 1.807) is 12.1 Å². The molecule has 4 nitrogen and oxygen atoms in total. The molecule has 0 spiro atoms. The lowest BCUT2D eigenvalue weighted by Gasteiger charge is -2.06. The van der Waals surface area contributed by atoms with Crippen LogP contribution in [-0.4, -0.2) is 32.1 Å². The van der Waals surface area contributed by atoms with E-state index in [1.165, 1.54) is 0 Å². The minimum Gasteiger partial charge on any atom is -0.351 e. The van der Waals surface area contributed by atoms with E-state index in [1.807, 2.05) is 12.1 Å². The van der Waals surface area contributed by atoms with Crippen molar-refractivity contribution in [2.75, 3.05) is 26.2 Å². The highest BCUT2D eigenvalue weighted by molar-refractivity contribution is 9.10. The Morgan fingerprint density at radius 1 is 1.29 bits per heavy atom. The van der Waals surface area contributed by atoms with Gasteiger partial charge in [0.15, 0.2) is 0 Å². The van der Waals surface area contributed by atoms with Crippen LogP contribution in [0.1, 0.15) is 10.4 Å². The summed E-state index contributed by atoms with van der Waals surface area (Å²) in [4.78, 5) is 11.6. The van der Waals surface area contributed by atoms with Gasteiger partial charge in [0, 0.05) is 36.2 Å². The van der Waals surface area contributed by atoms with E-state index in [2.05, 4.69) is 26.6 Å². The van der Waals surface area contributed by atoms with Crippen molar-refractivity contribution >= 4 is 34.2 Å². The van der Waals surface area contributed by atoms with Crippen molar-refractivity contribution in [1.29, 1.82) is 0 Å². The summed E-state index contributed by atoms with van der Waals surface area (Å²) in [5, 5.41) is 5.93. The van der Waals surface area contributed by atoms with Crippen LogP contribution < -0.4 is 16.4 Å². The predicted octanol–water partition coefficient (Wildman–Crippen LogP) is 1.15. The lowest BCUT2D eigenvalue weighted by atomic mass is 10.2. The molecule has 0 atom stereocenters. The van der Waals surface area contributed by atoms with Gasteiger partial charge in [-0.05, 0) is 18.2 Å². The lowest BCUT2D eigenvalue weighted by Crippen LogP contribution is -2.33. The van der Waals surface area contributed by atoms with E-state index in [4.69, 9.17) is 5.73 Å². The largest absolute Gasteiger partial charge is 0.351 e. The van der Waals surface area contributed by atoms with Crippen LogP contribution in [0.3, 0.4) is 0 Å². The van der Waals surface area contributed by atoms with Gasteiger partial charge in [-0.2, -0.15) is 0 Å². The Hall–Kier alpha value is -0.620. The molecule has 4 N–H and O–H groups in total. The van der Waals surface area contributed by atoms with E-state index in [0.29, 0.717) is 18.7 Å². The van der Waals surface area contributed by atoms with Gasteiger partial charge < -0.3 is 16.4 Å². The first-order valence-corrected chi connectivity index (χ1v) is 5.98. The fourth-order valence-electron chi connectivity index (χ4n) is 1.22. The summed E-state index contributed by atoms with van der Waals surface area (Å²) in [5.41, 5.74) is 5.98. The van der Waals surface area contributed by atoms with Gasteiger partial charge in [0.1, 0.15) is 0 Å². The van der Waals surface area contributed by atoms with Crippen LogP contribution in [0.15, 0.2) is 28.7 Å². The highest BCUT2D eigenvalue weighted by atomic mass is 79.9. The van der Waals surface area contributed by atoms with Gasteiger partial charge in [0.25, 0.3) is 5.91 Å². The SMILES string of the molecule is Cl.NCCNCCNC(=O)c1cccc(Br)c1. The van der Waals surface area contributed by atoms with Gasteiger partial charge in [-0.1, -0.05) is 22.0 Å². The summed E-state index contributed by atoms with van der Waals surface area (Å²) in [6.45, 7) is 2.72. The van der Waals surface area contributed by atoms with Gasteiger partial charge in [-0.15, -0.1) is 12.4 Å². The van der Waals surface area contributed by atoms with E-state index in [-0.39, 0.29) is 18.3 Å². The lowest BCUT2D eigenvalue weighted by molar-refractivity contribution is 0.0954. The minimum absolute atomic E-state index is 0. The summed E-state index contributed by atoms with van der Waals surface area (Å²) < 4.78 is 0.904. The Morgan fingerprint density at radius 2 is 2.06 bits per heavy atom. The minimum atomic E-state index is -0.0594. The van der Waals surface area contributed by atoms with Crippen LogP contribution in [-0.2, 0) is 0 Å². The molecule has 6 heteroatoms. The molecule has 0 aliphatic carbocycles. The molecule has 1 aromatic carbocycles. The van der Waals surface area contributed by atoms with Crippen LogP contribution in [0.5, 0.6) is 0 Å². The van der Waals surface area contributed by atoms with Gasteiger partial charge in [0.2, 0.25) is 0 Å². The molecule has 0 bridgehead atoms. The number of amides is 1. The Kier molecular flexibility index (Phi) is 9.07. The molecule has 1 aromatic rings. The zero-order chi connectivity index (χ0) is 11.8. The first-order valence-electron chi connectivity index (χ1n) is 5.18. The molecule has 0 aliphatic heterocycles. The molecular weight excluding hydrogens is 305 g/mol. The van der Waals surface area contributed by atoms with Gasteiger partial charge in [0.05, 0.1) is 0 Å². The topological polar surface area (TPSA) is 67.2 Å². The van der Waals surface area contributed by atoms with E-state index < -0.39 is 0 Å². The smallest absolute Gasteiger partial charge is 0.251 e. The molecule has 96 valence electrons. The summed E-state index contributed by atoms with van der Waals surface area (Å²) in [5.74, 6) is -0.0594. The molecular formula is C11H17BrClN3O. The predicted molar refractivity (Wildman–Crippen MR) is 75.6 cm³/mol. The third kappa shape index (κ3) is 6.63. The highest BCUT2D eigenvalue weighted by Gasteiger charge is 2.03. The van der Waals surface area contributed by atoms with Gasteiger partial charge in [-0.25, -0.2) is 0 Å². The van der Waals surface area contributed by atoms with Crippen molar-refractivity contribution in [2.45, 2.75) is 0 Å². The third-order valence-electron chi connectivity index (χ3n) is 2.00. The molecule has 0 unspecified atom stereocenters. The van der Waals surface area contributed by atoms with Crippen LogP contribution in [0, 0.1) is 0 Å². The van der Waals surface area contributed by atoms with E-state index >= 15 is 0 Å². The van der Waals surface area contributed by atoms with Crippen LogP contribution in [0.25, 0.3) is 0 Å². The van der Waals surface area contributed by atoms with E-state index in [9.17, 15) is 4.79 Å². The molecule has 0 aliphatic rings. The molecule has 0 saturated carbocycles. The number of hydrogen-bond acceptors (Lipinski definition) is 3. The van der Waals surface area contributed by atoms with Crippen molar-refractivity contribution in [3.8, 4) is 0 Å². The van der Waals surface area contributed by atoms with Crippen LogP contribution >= 0.6 is 28.3 Å². The number of nitrogens with two attached hydrogens (primary N) is 1. The van der Waals surface area contributed by atoms with Crippen molar-refractivity contribution < 1.29 is 4.79 Å².